The second-order valence-electron chi connectivity index (χ2n) is 3.93. The molecule has 19 heavy (non-hydrogen) atoms. The normalized spacial score (nSPS) is 15.6. The molecule has 1 N–H and O–H groups in total. The number of allylic oxidation sites excluding steroid dienone is 1. The summed E-state index contributed by atoms with van der Waals surface area (Å²) in [6.07, 6.45) is 2.10. The molecular weight excluding hydrogens is 285 g/mol. The number of rotatable bonds is 2. The molecule has 0 heterocycles. The number of hydrogen-bond donors (Lipinski definition) is 1. The monoisotopic (exact) mass is 294 g/mol. The molecule has 1 aliphatic carbocycles. The average Bonchev–Trinajstić information content (AvgIpc) is 2.26. The van der Waals surface area contributed by atoms with Gasteiger partial charge in [0, 0.05) is 5.56 Å². The van der Waals surface area contributed by atoms with Crippen LogP contribution in [0.5, 0.6) is 5.75 Å². The van der Waals surface area contributed by atoms with Crippen LogP contribution in [0.3, 0.4) is 0 Å². The SMILES string of the molecule is O=S(=O)(OC1=CCCc2cc(O)ccc21)C(F)(F)F. The Bertz CT molecular complexity index is 632. The number of fused-ring (bicyclic) bond motifs is 1. The molecule has 0 bridgehead atoms. The summed E-state index contributed by atoms with van der Waals surface area (Å²) < 4.78 is 62.8. The summed E-state index contributed by atoms with van der Waals surface area (Å²) in [5.41, 5.74) is -4.70. The molecule has 0 radical (unpaired) electrons. The van der Waals surface area contributed by atoms with E-state index in [0.29, 0.717) is 18.4 Å². The maximum Gasteiger partial charge on any atom is 0.534 e. The summed E-state index contributed by atoms with van der Waals surface area (Å²) in [7, 11) is -5.68. The van der Waals surface area contributed by atoms with Gasteiger partial charge in [-0.05, 0) is 42.7 Å². The molecule has 0 unspecified atom stereocenters. The van der Waals surface area contributed by atoms with E-state index < -0.39 is 15.6 Å². The zero-order valence-electron chi connectivity index (χ0n) is 9.44. The first-order valence-corrected chi connectivity index (χ1v) is 6.65. The lowest BCUT2D eigenvalue weighted by atomic mass is 9.96. The molecule has 0 amide bonds. The van der Waals surface area contributed by atoms with E-state index in [-0.39, 0.29) is 17.1 Å². The van der Waals surface area contributed by atoms with Crippen molar-refractivity contribution in [3.05, 3.63) is 35.4 Å². The molecule has 4 nitrogen and oxygen atoms in total. The van der Waals surface area contributed by atoms with Gasteiger partial charge in [0.25, 0.3) is 0 Å². The quantitative estimate of drug-likeness (QED) is 0.672. The van der Waals surface area contributed by atoms with Crippen LogP contribution in [-0.4, -0.2) is 19.0 Å². The molecule has 0 spiro atoms. The van der Waals surface area contributed by atoms with Gasteiger partial charge in [-0.15, -0.1) is 0 Å². The number of aryl methyl sites for hydroxylation is 1. The molecule has 8 heteroatoms. The van der Waals surface area contributed by atoms with Crippen LogP contribution in [0.15, 0.2) is 24.3 Å². The number of benzene rings is 1. The standard InChI is InChI=1S/C11H9F3O4S/c12-11(13,14)19(16,17)18-10-3-1-2-7-6-8(15)4-5-9(7)10/h3-6,15H,1-2H2. The minimum Gasteiger partial charge on any atom is -0.508 e. The van der Waals surface area contributed by atoms with E-state index in [0.717, 1.165) is 0 Å². The van der Waals surface area contributed by atoms with Crippen LogP contribution in [0, 0.1) is 0 Å². The van der Waals surface area contributed by atoms with E-state index in [1.165, 1.54) is 24.3 Å². The van der Waals surface area contributed by atoms with Gasteiger partial charge in [0.05, 0.1) is 0 Å². The van der Waals surface area contributed by atoms with Crippen LogP contribution in [-0.2, 0) is 20.7 Å². The van der Waals surface area contributed by atoms with Gasteiger partial charge < -0.3 is 9.29 Å². The summed E-state index contributed by atoms with van der Waals surface area (Å²) >= 11 is 0. The zero-order valence-corrected chi connectivity index (χ0v) is 10.3. The summed E-state index contributed by atoms with van der Waals surface area (Å²) in [5, 5.41) is 9.28. The Balaban J connectivity index is 2.37. The largest absolute Gasteiger partial charge is 0.534 e. The van der Waals surface area contributed by atoms with Gasteiger partial charge in [-0.2, -0.15) is 21.6 Å². The molecule has 2 rings (SSSR count). The molecular formula is C11H9F3O4S. The molecule has 0 saturated carbocycles. The predicted octanol–water partition coefficient (Wildman–Crippen LogP) is 2.55. The number of phenols is 1. The fourth-order valence-corrected chi connectivity index (χ4v) is 2.23. The fourth-order valence-electron chi connectivity index (χ4n) is 1.74. The second kappa shape index (κ2) is 4.44. The van der Waals surface area contributed by atoms with E-state index in [1.54, 1.807) is 0 Å². The Morgan fingerprint density at radius 1 is 1.26 bits per heavy atom. The summed E-state index contributed by atoms with van der Waals surface area (Å²) in [6, 6.07) is 3.94. The zero-order chi connectivity index (χ0) is 14.3. The molecule has 1 aliphatic rings. The third-order valence-corrected chi connectivity index (χ3v) is 3.55. The second-order valence-corrected chi connectivity index (χ2v) is 5.47. The van der Waals surface area contributed by atoms with Crippen molar-refractivity contribution in [3.63, 3.8) is 0 Å². The number of alkyl halides is 3. The molecule has 0 atom stereocenters. The van der Waals surface area contributed by atoms with Gasteiger partial charge >= 0.3 is 15.6 Å². The van der Waals surface area contributed by atoms with Gasteiger partial charge in [-0.1, -0.05) is 0 Å². The van der Waals surface area contributed by atoms with Crippen LogP contribution in [0.2, 0.25) is 0 Å². The van der Waals surface area contributed by atoms with Crippen LogP contribution >= 0.6 is 0 Å². The van der Waals surface area contributed by atoms with Crippen LogP contribution in [0.25, 0.3) is 5.76 Å². The summed E-state index contributed by atoms with van der Waals surface area (Å²) in [6.45, 7) is 0. The highest BCUT2D eigenvalue weighted by Gasteiger charge is 2.49. The first-order chi connectivity index (χ1) is 8.71. The van der Waals surface area contributed by atoms with Crippen LogP contribution in [0.4, 0.5) is 13.2 Å². The van der Waals surface area contributed by atoms with Gasteiger partial charge in [-0.3, -0.25) is 0 Å². The van der Waals surface area contributed by atoms with Crippen molar-refractivity contribution in [1.29, 1.82) is 0 Å². The topological polar surface area (TPSA) is 63.6 Å². The van der Waals surface area contributed by atoms with E-state index in [9.17, 15) is 26.7 Å². The van der Waals surface area contributed by atoms with Gasteiger partial charge in [0.1, 0.15) is 11.5 Å². The van der Waals surface area contributed by atoms with Crippen molar-refractivity contribution >= 4 is 15.9 Å². The van der Waals surface area contributed by atoms with Crippen LogP contribution in [0.1, 0.15) is 17.5 Å². The smallest absolute Gasteiger partial charge is 0.508 e. The molecule has 0 aromatic heterocycles. The minimum absolute atomic E-state index is 0.0429. The highest BCUT2D eigenvalue weighted by atomic mass is 32.2. The third-order valence-electron chi connectivity index (χ3n) is 2.58. The summed E-state index contributed by atoms with van der Waals surface area (Å²) in [5.74, 6) is -0.405. The third kappa shape index (κ3) is 2.67. The van der Waals surface area contributed by atoms with E-state index >= 15 is 0 Å². The highest BCUT2D eigenvalue weighted by Crippen LogP contribution is 2.34. The van der Waals surface area contributed by atoms with Crippen molar-refractivity contribution in [3.8, 4) is 5.75 Å². The Morgan fingerprint density at radius 2 is 1.95 bits per heavy atom. The highest BCUT2D eigenvalue weighted by molar-refractivity contribution is 7.87. The molecule has 0 saturated heterocycles. The van der Waals surface area contributed by atoms with Gasteiger partial charge in [0.2, 0.25) is 0 Å². The summed E-state index contributed by atoms with van der Waals surface area (Å²) in [4.78, 5) is 0. The molecule has 104 valence electrons. The first-order valence-electron chi connectivity index (χ1n) is 5.24. The lowest BCUT2D eigenvalue weighted by molar-refractivity contribution is -0.0509. The predicted molar refractivity (Wildman–Crippen MR) is 60.5 cm³/mol. The first kappa shape index (κ1) is 13.7. The Kier molecular flexibility index (Phi) is 3.21. The minimum atomic E-state index is -5.68. The molecule has 0 aliphatic heterocycles. The maximum absolute atomic E-state index is 12.2. The van der Waals surface area contributed by atoms with E-state index in [4.69, 9.17) is 0 Å². The van der Waals surface area contributed by atoms with Crippen molar-refractivity contribution in [2.45, 2.75) is 18.3 Å². The Morgan fingerprint density at radius 3 is 2.58 bits per heavy atom. The van der Waals surface area contributed by atoms with E-state index in [2.05, 4.69) is 4.18 Å². The Hall–Kier alpha value is -1.70. The van der Waals surface area contributed by atoms with Crippen molar-refractivity contribution in [2.24, 2.45) is 0 Å². The molecule has 0 fully saturated rings. The lowest BCUT2D eigenvalue weighted by Crippen LogP contribution is -2.25. The number of phenolic OH excluding ortho intramolecular Hbond substituents is 1. The van der Waals surface area contributed by atoms with Gasteiger partial charge in [-0.25, -0.2) is 0 Å². The van der Waals surface area contributed by atoms with Crippen molar-refractivity contribution in [2.75, 3.05) is 0 Å². The average molecular weight is 294 g/mol. The maximum atomic E-state index is 12.2. The fraction of sp³-hybridized carbons (Fsp3) is 0.273. The Labute approximate surface area is 107 Å². The molecule has 1 aromatic carbocycles. The lowest BCUT2D eigenvalue weighted by Gasteiger charge is -2.18. The van der Waals surface area contributed by atoms with Gasteiger partial charge in [0.15, 0.2) is 0 Å². The number of aromatic hydroxyl groups is 1. The van der Waals surface area contributed by atoms with Crippen LogP contribution < -0.4 is 0 Å². The molecule has 1 aromatic rings. The number of hydrogen-bond acceptors (Lipinski definition) is 4. The van der Waals surface area contributed by atoms with Crippen molar-refractivity contribution in [1.82, 2.24) is 0 Å². The van der Waals surface area contributed by atoms with Crippen molar-refractivity contribution < 1.29 is 30.9 Å². The number of halogens is 3. The van der Waals surface area contributed by atoms with E-state index in [1.807, 2.05) is 0 Å².